The summed E-state index contributed by atoms with van der Waals surface area (Å²) in [5.74, 6) is 0.361. The highest BCUT2D eigenvalue weighted by atomic mass is 35.5. The summed E-state index contributed by atoms with van der Waals surface area (Å²) >= 11 is 6.23. The van der Waals surface area contributed by atoms with E-state index in [9.17, 15) is 18.0 Å². The number of anilines is 1. The molecule has 0 aliphatic carbocycles. The van der Waals surface area contributed by atoms with Crippen molar-refractivity contribution >= 4 is 50.3 Å². The lowest BCUT2D eigenvalue weighted by atomic mass is 10.1. The highest BCUT2D eigenvalue weighted by molar-refractivity contribution is 7.88. The molecule has 1 aliphatic heterocycles. The number of benzene rings is 2. The summed E-state index contributed by atoms with van der Waals surface area (Å²) in [6, 6.07) is 15.9. The van der Waals surface area contributed by atoms with Crippen molar-refractivity contribution in [2.45, 2.75) is 19.0 Å². The lowest BCUT2D eigenvalue weighted by Gasteiger charge is -2.35. The Morgan fingerprint density at radius 3 is 2.46 bits per heavy atom. The van der Waals surface area contributed by atoms with Gasteiger partial charge in [-0.25, -0.2) is 23.0 Å². The first-order chi connectivity index (χ1) is 19.6. The van der Waals surface area contributed by atoms with Gasteiger partial charge in [-0.15, -0.1) is 0 Å². The van der Waals surface area contributed by atoms with Gasteiger partial charge in [0, 0.05) is 62.9 Å². The zero-order chi connectivity index (χ0) is 29.4. The Labute approximate surface area is 245 Å². The Morgan fingerprint density at radius 1 is 1.07 bits per heavy atom. The third-order valence-electron chi connectivity index (χ3n) is 7.10. The number of hydrogen-bond acceptors (Lipinski definition) is 7. The predicted molar refractivity (Wildman–Crippen MR) is 159 cm³/mol. The van der Waals surface area contributed by atoms with Gasteiger partial charge < -0.3 is 19.9 Å². The molecule has 13 heteroatoms. The molecule has 1 atom stereocenters. The lowest BCUT2D eigenvalue weighted by molar-refractivity contribution is 0.103. The van der Waals surface area contributed by atoms with Crippen LogP contribution >= 0.6 is 11.6 Å². The fourth-order valence-corrected chi connectivity index (χ4v) is 5.60. The number of likely N-dealkylation sites (N-methyl/N-ethyl adjacent to an activating group) is 1. The van der Waals surface area contributed by atoms with Crippen molar-refractivity contribution in [2.75, 3.05) is 58.0 Å². The number of pyridine rings is 1. The summed E-state index contributed by atoms with van der Waals surface area (Å²) in [5.41, 5.74) is 0.787. The van der Waals surface area contributed by atoms with Gasteiger partial charge in [0.2, 0.25) is 10.0 Å². The molecule has 220 valence electrons. The van der Waals surface area contributed by atoms with Crippen molar-refractivity contribution in [2.24, 2.45) is 0 Å². The summed E-state index contributed by atoms with van der Waals surface area (Å²) in [7, 11) is -1.57. The average molecular weight is 603 g/mol. The van der Waals surface area contributed by atoms with Crippen molar-refractivity contribution in [1.29, 1.82) is 0 Å². The molecule has 2 heterocycles. The van der Waals surface area contributed by atoms with Gasteiger partial charge in [-0.2, -0.15) is 4.31 Å². The molecular weight excluding hydrogens is 568 g/mol. The largest absolute Gasteiger partial charge is 0.447 e. The second-order valence-electron chi connectivity index (χ2n) is 9.95. The number of rotatable bonds is 10. The number of nitrogens with one attached hydrogen (secondary N) is 2. The summed E-state index contributed by atoms with van der Waals surface area (Å²) in [5, 5.41) is 7.97. The topological polar surface area (TPSA) is 124 Å². The Balaban J connectivity index is 1.36. The molecule has 11 nitrogen and oxygen atoms in total. The number of carbonyl (C=O) groups excluding carboxylic acids is 2. The minimum absolute atomic E-state index is 0.0429. The van der Waals surface area contributed by atoms with Gasteiger partial charge in [-0.3, -0.25) is 5.32 Å². The number of nitrogens with zero attached hydrogens (tertiary/aromatic N) is 4. The van der Waals surface area contributed by atoms with E-state index in [4.69, 9.17) is 16.3 Å². The molecule has 1 aromatic heterocycles. The summed E-state index contributed by atoms with van der Waals surface area (Å²) in [4.78, 5) is 33.6. The standard InChI is InChI=1S/C28H35ClN6O5S/c1-33(27(36)31-19-23-9-5-6-10-25(23)29)24(11-12-34-13-15-35(16-14-34)41(2,38)39)20-40-28(37)32-26-17-21-7-3-4-8-22(21)18-30-26/h3-10,17-18,24H,11-16,19-20H2,1-2H3,(H,31,36)(H,30,32,37)/t24-/m0/s1. The van der Waals surface area contributed by atoms with Crippen molar-refractivity contribution in [3.8, 4) is 0 Å². The van der Waals surface area contributed by atoms with Crippen LogP contribution in [0.25, 0.3) is 10.8 Å². The van der Waals surface area contributed by atoms with E-state index in [1.54, 1.807) is 25.4 Å². The van der Waals surface area contributed by atoms with E-state index >= 15 is 0 Å². The monoisotopic (exact) mass is 602 g/mol. The second-order valence-corrected chi connectivity index (χ2v) is 12.3. The van der Waals surface area contributed by atoms with E-state index in [1.807, 2.05) is 42.5 Å². The highest BCUT2D eigenvalue weighted by Gasteiger charge is 2.26. The number of sulfonamides is 1. The van der Waals surface area contributed by atoms with Gasteiger partial charge >= 0.3 is 12.1 Å². The Kier molecular flexibility index (Phi) is 10.4. The number of fused-ring (bicyclic) bond motifs is 1. The zero-order valence-corrected chi connectivity index (χ0v) is 24.7. The molecule has 1 aliphatic rings. The molecule has 1 saturated heterocycles. The first kappa shape index (κ1) is 30.5. The summed E-state index contributed by atoms with van der Waals surface area (Å²) in [6.45, 7) is 2.79. The molecule has 41 heavy (non-hydrogen) atoms. The number of halogens is 1. The Bertz CT molecular complexity index is 1470. The molecule has 1 fully saturated rings. The maximum atomic E-state index is 13.1. The van der Waals surface area contributed by atoms with Gasteiger partial charge in [0.25, 0.3) is 0 Å². The summed E-state index contributed by atoms with van der Waals surface area (Å²) in [6.07, 6.45) is 2.72. The first-order valence-electron chi connectivity index (χ1n) is 13.3. The van der Waals surface area contributed by atoms with Crippen LogP contribution < -0.4 is 10.6 Å². The van der Waals surface area contributed by atoms with E-state index in [1.165, 1.54) is 15.5 Å². The van der Waals surface area contributed by atoms with Crippen LogP contribution in [0.1, 0.15) is 12.0 Å². The SMILES string of the molecule is CN(C(=O)NCc1ccccc1Cl)[C@@H](CCN1CCN(S(C)(=O)=O)CC1)COC(=O)Nc1cc2ccccc2cn1. The third kappa shape index (κ3) is 8.77. The quantitative estimate of drug-likeness (QED) is 0.363. The molecule has 3 amide bonds. The van der Waals surface area contributed by atoms with Crippen molar-refractivity contribution in [1.82, 2.24) is 24.4 Å². The molecule has 0 unspecified atom stereocenters. The Hall–Kier alpha value is -3.45. The van der Waals surface area contributed by atoms with Crippen LogP contribution in [0.2, 0.25) is 5.02 Å². The molecule has 0 spiro atoms. The minimum Gasteiger partial charge on any atom is -0.447 e. The van der Waals surface area contributed by atoms with Gasteiger partial charge in [0.15, 0.2) is 0 Å². The van der Waals surface area contributed by atoms with E-state index in [-0.39, 0.29) is 19.2 Å². The van der Waals surface area contributed by atoms with Crippen molar-refractivity contribution in [3.63, 3.8) is 0 Å². The fourth-order valence-electron chi connectivity index (χ4n) is 4.57. The van der Waals surface area contributed by atoms with Crippen LogP contribution in [0.3, 0.4) is 0 Å². The molecule has 2 N–H and O–H groups in total. The smallest absolute Gasteiger partial charge is 0.412 e. The van der Waals surface area contributed by atoms with Crippen LogP contribution in [-0.2, 0) is 21.3 Å². The molecule has 4 rings (SSSR count). The Morgan fingerprint density at radius 2 is 1.76 bits per heavy atom. The van der Waals surface area contributed by atoms with Crippen LogP contribution in [0.4, 0.5) is 15.4 Å². The summed E-state index contributed by atoms with van der Waals surface area (Å²) < 4.78 is 30.7. The number of aromatic nitrogens is 1. The molecular formula is C28H35ClN6O5S. The molecule has 2 aromatic carbocycles. The normalized spacial score (nSPS) is 15.3. The van der Waals surface area contributed by atoms with E-state index < -0.39 is 22.2 Å². The highest BCUT2D eigenvalue weighted by Crippen LogP contribution is 2.17. The minimum atomic E-state index is -3.23. The van der Waals surface area contributed by atoms with Crippen molar-refractivity contribution in [3.05, 3.63) is 71.4 Å². The van der Waals surface area contributed by atoms with Crippen molar-refractivity contribution < 1.29 is 22.7 Å². The second kappa shape index (κ2) is 13.9. The maximum absolute atomic E-state index is 13.1. The molecule has 0 bridgehead atoms. The third-order valence-corrected chi connectivity index (χ3v) is 8.77. The van der Waals surface area contributed by atoms with E-state index in [0.29, 0.717) is 50.0 Å². The molecule has 0 radical (unpaired) electrons. The average Bonchev–Trinajstić information content (AvgIpc) is 2.96. The molecule has 3 aromatic rings. The van der Waals surface area contributed by atoms with Gasteiger partial charge in [0.1, 0.15) is 12.4 Å². The first-order valence-corrected chi connectivity index (χ1v) is 15.5. The van der Waals surface area contributed by atoms with Gasteiger partial charge in [-0.05, 0) is 29.5 Å². The van der Waals surface area contributed by atoms with Crippen LogP contribution in [-0.4, -0.2) is 98.3 Å². The number of urea groups is 1. The fraction of sp³-hybridized carbons (Fsp3) is 0.393. The molecule has 0 saturated carbocycles. The van der Waals surface area contributed by atoms with Gasteiger partial charge in [0.05, 0.1) is 12.3 Å². The predicted octanol–water partition coefficient (Wildman–Crippen LogP) is 3.61. The number of piperazine rings is 1. The number of hydrogen-bond donors (Lipinski definition) is 2. The number of ether oxygens (including phenoxy) is 1. The van der Waals surface area contributed by atoms with E-state index in [2.05, 4.69) is 20.5 Å². The number of amides is 3. The van der Waals surface area contributed by atoms with E-state index in [0.717, 1.165) is 16.3 Å². The number of carbonyl (C=O) groups is 2. The maximum Gasteiger partial charge on any atom is 0.412 e. The van der Waals surface area contributed by atoms with Crippen LogP contribution in [0, 0.1) is 0 Å². The van der Waals surface area contributed by atoms with Gasteiger partial charge in [-0.1, -0.05) is 54.1 Å². The zero-order valence-electron chi connectivity index (χ0n) is 23.1. The lowest BCUT2D eigenvalue weighted by Crippen LogP contribution is -2.50. The van der Waals surface area contributed by atoms with Crippen LogP contribution in [0.5, 0.6) is 0 Å². The van der Waals surface area contributed by atoms with Crippen LogP contribution in [0.15, 0.2) is 60.8 Å².